The van der Waals surface area contributed by atoms with Gasteiger partial charge in [-0.1, -0.05) is 12.1 Å². The summed E-state index contributed by atoms with van der Waals surface area (Å²) in [5, 5.41) is 11.3. The number of rotatable bonds is 3. The summed E-state index contributed by atoms with van der Waals surface area (Å²) in [7, 11) is 2.66. The Hall–Kier alpha value is -3.30. The molecule has 0 unspecified atom stereocenters. The molecule has 10 heteroatoms. The Morgan fingerprint density at radius 3 is 2.38 bits per heavy atom. The lowest BCUT2D eigenvalue weighted by Gasteiger charge is -2.04. The van der Waals surface area contributed by atoms with Gasteiger partial charge in [-0.05, 0) is 27.6 Å². The van der Waals surface area contributed by atoms with E-state index in [1.165, 1.54) is 38.4 Å². The van der Waals surface area contributed by atoms with Crippen molar-refractivity contribution in [3.8, 4) is 0 Å². The van der Waals surface area contributed by atoms with E-state index in [1.807, 2.05) is 0 Å². The summed E-state index contributed by atoms with van der Waals surface area (Å²) in [6.45, 7) is -0.0550. The second kappa shape index (κ2) is 5.41. The van der Waals surface area contributed by atoms with E-state index in [4.69, 9.17) is 0 Å². The van der Waals surface area contributed by atoms with Gasteiger partial charge in [0.05, 0.1) is 6.54 Å². The van der Waals surface area contributed by atoms with E-state index in [0.29, 0.717) is 5.56 Å². The average molecular weight is 333 g/mol. The molecular weight excluding hydrogens is 321 g/mol. The molecule has 24 heavy (non-hydrogen) atoms. The second-order valence-corrected chi connectivity index (χ2v) is 5.26. The molecule has 0 aliphatic heterocycles. The minimum Gasteiger partial charge on any atom is -0.390 e. The summed E-state index contributed by atoms with van der Waals surface area (Å²) in [6.07, 6.45) is 0. The van der Waals surface area contributed by atoms with E-state index < -0.39 is 27.9 Å². The van der Waals surface area contributed by atoms with Crippen LogP contribution in [0.4, 0.5) is 10.3 Å². The predicted molar refractivity (Wildman–Crippen MR) is 82.4 cm³/mol. The Morgan fingerprint density at radius 2 is 1.79 bits per heavy atom. The molecule has 124 valence electrons. The van der Waals surface area contributed by atoms with Crippen molar-refractivity contribution in [1.82, 2.24) is 18.7 Å². The normalized spacial score (nSPS) is 11.1. The maximum Gasteiger partial charge on any atom is 0.437 e. The summed E-state index contributed by atoms with van der Waals surface area (Å²) in [6, 6.07) is 5.34. The molecule has 0 aliphatic carbocycles. The average Bonchev–Trinajstić information content (AvgIpc) is 2.92. The molecule has 9 nitrogen and oxygen atoms in total. The van der Waals surface area contributed by atoms with Crippen LogP contribution in [0.15, 0.2) is 33.9 Å². The number of halogens is 1. The van der Waals surface area contributed by atoms with E-state index in [9.17, 15) is 24.1 Å². The molecule has 2 heterocycles. The molecule has 1 aromatic carbocycles. The molecule has 0 N–H and O–H groups in total. The predicted octanol–water partition coefficient (Wildman–Crippen LogP) is 0.529. The van der Waals surface area contributed by atoms with E-state index in [2.05, 4.69) is 4.98 Å². The van der Waals surface area contributed by atoms with E-state index >= 15 is 0 Å². The smallest absolute Gasteiger partial charge is 0.390 e. The van der Waals surface area contributed by atoms with Gasteiger partial charge in [0.2, 0.25) is 5.52 Å². The highest BCUT2D eigenvalue weighted by Crippen LogP contribution is 2.19. The van der Waals surface area contributed by atoms with E-state index in [-0.39, 0.29) is 17.7 Å². The minimum absolute atomic E-state index is 0.0550. The third-order valence-electron chi connectivity index (χ3n) is 3.75. The third kappa shape index (κ3) is 2.28. The molecule has 0 aliphatic rings. The zero-order valence-corrected chi connectivity index (χ0v) is 12.8. The molecule has 0 saturated carbocycles. The first-order chi connectivity index (χ1) is 11.3. The number of nitrogens with zero attached hydrogens (tertiary/aromatic N) is 5. The molecule has 0 radical (unpaired) electrons. The Morgan fingerprint density at radius 1 is 1.17 bits per heavy atom. The molecule has 0 spiro atoms. The zero-order valence-electron chi connectivity index (χ0n) is 12.8. The fraction of sp³-hybridized carbons (Fsp3) is 0.214. The van der Waals surface area contributed by atoms with E-state index in [0.717, 1.165) is 13.7 Å². The summed E-state index contributed by atoms with van der Waals surface area (Å²) in [5.74, 6) is -1.00. The van der Waals surface area contributed by atoms with Crippen molar-refractivity contribution in [2.45, 2.75) is 6.54 Å². The van der Waals surface area contributed by atoms with Gasteiger partial charge in [-0.2, -0.15) is 0 Å². The van der Waals surface area contributed by atoms with Crippen LogP contribution >= 0.6 is 0 Å². The molecule has 2 aromatic heterocycles. The van der Waals surface area contributed by atoms with Gasteiger partial charge in [0, 0.05) is 14.1 Å². The van der Waals surface area contributed by atoms with Gasteiger partial charge >= 0.3 is 11.6 Å². The molecule has 0 amide bonds. The van der Waals surface area contributed by atoms with Crippen LogP contribution in [0.25, 0.3) is 11.2 Å². The molecule has 0 fully saturated rings. The Bertz CT molecular complexity index is 1080. The molecular formula is C14H12FN5O4. The first kappa shape index (κ1) is 15.6. The maximum atomic E-state index is 13.0. The van der Waals surface area contributed by atoms with Gasteiger partial charge in [-0.3, -0.25) is 13.9 Å². The maximum absolute atomic E-state index is 13.0. The van der Waals surface area contributed by atoms with Gasteiger partial charge in [-0.15, -0.1) is 0 Å². The first-order valence-corrected chi connectivity index (χ1v) is 6.86. The van der Waals surface area contributed by atoms with Gasteiger partial charge < -0.3 is 10.1 Å². The van der Waals surface area contributed by atoms with Gasteiger partial charge in [0.1, 0.15) is 5.82 Å². The van der Waals surface area contributed by atoms with Crippen molar-refractivity contribution in [3.63, 3.8) is 0 Å². The van der Waals surface area contributed by atoms with Gasteiger partial charge in [0.25, 0.3) is 11.2 Å². The van der Waals surface area contributed by atoms with Crippen LogP contribution in [0, 0.1) is 15.9 Å². The number of hydrogen-bond acceptors (Lipinski definition) is 5. The van der Waals surface area contributed by atoms with Crippen molar-refractivity contribution in [1.29, 1.82) is 0 Å². The first-order valence-electron chi connectivity index (χ1n) is 6.86. The van der Waals surface area contributed by atoms with Crippen LogP contribution in [0.5, 0.6) is 0 Å². The van der Waals surface area contributed by atoms with Crippen LogP contribution in [0.3, 0.4) is 0 Å². The fourth-order valence-corrected chi connectivity index (χ4v) is 2.50. The number of fused-ring (bicyclic) bond motifs is 1. The van der Waals surface area contributed by atoms with Crippen molar-refractivity contribution < 1.29 is 9.31 Å². The SMILES string of the molecule is Cn1c(=O)c2c(nc([N+](=O)[O-])n2Cc2ccc(F)cc2)n(C)c1=O. The molecule has 3 rings (SSSR count). The largest absolute Gasteiger partial charge is 0.437 e. The standard InChI is InChI=1S/C14H12FN5O4/c1-17-11-10(12(21)18(2)14(17)22)19(13(16-11)20(23)24)7-8-3-5-9(15)6-4-8/h3-6H,7H2,1-2H3. The number of nitro groups is 1. The minimum atomic E-state index is -0.729. The number of aromatic nitrogens is 4. The Balaban J connectivity index is 2.34. The third-order valence-corrected chi connectivity index (χ3v) is 3.75. The molecule has 0 saturated heterocycles. The Kier molecular flexibility index (Phi) is 3.51. The lowest BCUT2D eigenvalue weighted by atomic mass is 10.2. The van der Waals surface area contributed by atoms with Crippen LogP contribution in [-0.2, 0) is 20.6 Å². The highest BCUT2D eigenvalue weighted by atomic mass is 19.1. The molecule has 0 atom stereocenters. The van der Waals surface area contributed by atoms with Crippen LogP contribution < -0.4 is 11.2 Å². The van der Waals surface area contributed by atoms with Crippen molar-refractivity contribution >= 4 is 17.1 Å². The monoisotopic (exact) mass is 333 g/mol. The number of hydrogen-bond donors (Lipinski definition) is 0. The lowest BCUT2D eigenvalue weighted by molar-refractivity contribution is -0.396. The molecule has 0 bridgehead atoms. The van der Waals surface area contributed by atoms with E-state index in [1.54, 1.807) is 0 Å². The van der Waals surface area contributed by atoms with Gasteiger partial charge in [-0.25, -0.2) is 13.8 Å². The number of benzene rings is 1. The highest BCUT2D eigenvalue weighted by molar-refractivity contribution is 5.73. The Labute approximate surface area is 133 Å². The van der Waals surface area contributed by atoms with Crippen LogP contribution in [-0.4, -0.2) is 23.6 Å². The molecule has 3 aromatic rings. The lowest BCUT2D eigenvalue weighted by Crippen LogP contribution is -2.37. The summed E-state index contributed by atoms with van der Waals surface area (Å²) < 4.78 is 16.1. The summed E-state index contributed by atoms with van der Waals surface area (Å²) in [4.78, 5) is 38.8. The topological polar surface area (TPSA) is 105 Å². The van der Waals surface area contributed by atoms with Crippen molar-refractivity contribution in [2.24, 2.45) is 14.1 Å². The number of aryl methyl sites for hydroxylation is 1. The van der Waals surface area contributed by atoms with Crippen LogP contribution in [0.2, 0.25) is 0 Å². The second-order valence-electron chi connectivity index (χ2n) is 5.26. The highest BCUT2D eigenvalue weighted by Gasteiger charge is 2.28. The summed E-state index contributed by atoms with van der Waals surface area (Å²) in [5.41, 5.74) is -0.896. The van der Waals surface area contributed by atoms with Gasteiger partial charge in [0.15, 0.2) is 0 Å². The van der Waals surface area contributed by atoms with Crippen molar-refractivity contribution in [2.75, 3.05) is 0 Å². The fourth-order valence-electron chi connectivity index (χ4n) is 2.50. The number of imidazole rings is 1. The van der Waals surface area contributed by atoms with Crippen LogP contribution in [0.1, 0.15) is 5.56 Å². The quantitative estimate of drug-likeness (QED) is 0.513. The summed E-state index contributed by atoms with van der Waals surface area (Å²) >= 11 is 0. The zero-order chi connectivity index (χ0) is 17.6. The van der Waals surface area contributed by atoms with Crippen molar-refractivity contribution in [3.05, 3.63) is 66.6 Å².